The van der Waals surface area contributed by atoms with Gasteiger partial charge >= 0.3 is 0 Å². The zero-order valence-electron chi connectivity index (χ0n) is 52.5. The smallest absolute Gasteiger partial charge is 0.185 e. The number of rotatable bonds is 28. The maximum absolute atomic E-state index is 12.0. The van der Waals surface area contributed by atoms with E-state index in [9.17, 15) is 9.59 Å². The third kappa shape index (κ3) is 31.6. The minimum absolute atomic E-state index is 0.0208. The van der Waals surface area contributed by atoms with E-state index in [0.29, 0.717) is 36.5 Å². The zero-order chi connectivity index (χ0) is 63.2. The lowest BCUT2D eigenvalue weighted by atomic mass is 10.1. The van der Waals surface area contributed by atoms with Crippen LogP contribution in [0.4, 0.5) is 11.4 Å². The summed E-state index contributed by atoms with van der Waals surface area (Å²) in [6, 6.07) is 38.4. The number of para-hydroxylation sites is 2. The first-order valence-corrected chi connectivity index (χ1v) is 31.8. The van der Waals surface area contributed by atoms with E-state index in [0.717, 1.165) is 102 Å². The lowest BCUT2D eigenvalue weighted by Crippen LogP contribution is -2.31. The van der Waals surface area contributed by atoms with Crippen LogP contribution in [0.1, 0.15) is 138 Å². The van der Waals surface area contributed by atoms with E-state index in [2.05, 4.69) is 55.1 Å². The molecule has 4 aromatic rings. The highest BCUT2D eigenvalue weighted by Crippen LogP contribution is 2.26. The van der Waals surface area contributed by atoms with Crippen molar-refractivity contribution in [1.29, 1.82) is 0 Å². The Morgan fingerprint density at radius 3 is 1.11 bits per heavy atom. The van der Waals surface area contributed by atoms with Crippen LogP contribution in [0.25, 0.3) is 0 Å². The summed E-state index contributed by atoms with van der Waals surface area (Å²) in [5.41, 5.74) is 3.32. The van der Waals surface area contributed by atoms with Crippen LogP contribution in [0.5, 0.6) is 0 Å². The van der Waals surface area contributed by atoms with E-state index in [1.807, 2.05) is 160 Å². The second-order valence-corrected chi connectivity index (χ2v) is 21.5. The summed E-state index contributed by atoms with van der Waals surface area (Å²) in [5, 5.41) is 36.4. The highest BCUT2D eigenvalue weighted by molar-refractivity contribution is 6.05. The number of aliphatic imine (C=N–C) groups is 2. The first-order valence-electron chi connectivity index (χ1n) is 31.8. The molecule has 89 heavy (non-hydrogen) atoms. The number of allylic oxidation sites excluding steroid dienone is 2. The summed E-state index contributed by atoms with van der Waals surface area (Å²) in [6.07, 6.45) is 31.7. The van der Waals surface area contributed by atoms with E-state index in [1.165, 1.54) is 38.1 Å². The van der Waals surface area contributed by atoms with E-state index < -0.39 is 0 Å². The molecule has 19 nitrogen and oxygen atoms in total. The summed E-state index contributed by atoms with van der Waals surface area (Å²) in [4.78, 5) is 42.7. The summed E-state index contributed by atoms with van der Waals surface area (Å²) in [7, 11) is 0. The van der Waals surface area contributed by atoms with Gasteiger partial charge in [-0.25, -0.2) is 0 Å². The molecule has 5 fully saturated rings. The van der Waals surface area contributed by atoms with Crippen LogP contribution >= 0.6 is 0 Å². The van der Waals surface area contributed by atoms with Crippen molar-refractivity contribution in [3.63, 3.8) is 0 Å². The van der Waals surface area contributed by atoms with Crippen LogP contribution in [0.15, 0.2) is 176 Å². The van der Waals surface area contributed by atoms with Crippen LogP contribution in [0, 0.1) is 0 Å². The largest absolute Gasteiger partial charge is 0.411 e. The van der Waals surface area contributed by atoms with Gasteiger partial charge in [0.05, 0.1) is 97.3 Å². The second kappa shape index (κ2) is 45.8. The molecule has 0 aromatic heterocycles. The van der Waals surface area contributed by atoms with Gasteiger partial charge in [-0.3, -0.25) is 19.6 Å². The van der Waals surface area contributed by atoms with Gasteiger partial charge in [-0.05, 0) is 153 Å². The van der Waals surface area contributed by atoms with Gasteiger partial charge in [0.2, 0.25) is 0 Å². The molecule has 19 heteroatoms. The van der Waals surface area contributed by atoms with Crippen molar-refractivity contribution in [2.24, 2.45) is 30.6 Å². The van der Waals surface area contributed by atoms with Crippen molar-refractivity contribution in [2.45, 2.75) is 179 Å². The number of oxime groups is 4. The molecule has 0 amide bonds. The Morgan fingerprint density at radius 2 is 0.764 bits per heavy atom. The van der Waals surface area contributed by atoms with Crippen molar-refractivity contribution < 1.29 is 53.4 Å². The molecule has 4 N–H and O–H groups in total. The highest BCUT2D eigenvalue weighted by atomic mass is 16.6. The fraction of sp³-hybridized carbons (Fsp3) is 0.486. The van der Waals surface area contributed by atoms with E-state index >= 15 is 0 Å². The number of hydrogen-bond donors (Lipinski definition) is 4. The monoisotopic (exact) mass is 1220 g/mol. The fourth-order valence-electron chi connectivity index (χ4n) is 9.75. The van der Waals surface area contributed by atoms with Crippen molar-refractivity contribution in [3.05, 3.63) is 157 Å². The van der Waals surface area contributed by atoms with Crippen LogP contribution in [0.3, 0.4) is 0 Å². The molecular formula is C70H96N8O11. The van der Waals surface area contributed by atoms with Crippen LogP contribution in [-0.4, -0.2) is 160 Å². The third-order valence-corrected chi connectivity index (χ3v) is 14.3. The zero-order valence-corrected chi connectivity index (χ0v) is 52.5. The van der Waals surface area contributed by atoms with E-state index in [-0.39, 0.29) is 60.4 Å². The number of nitrogens with one attached hydrogen (secondary N) is 2. The van der Waals surface area contributed by atoms with Gasteiger partial charge < -0.3 is 54.4 Å². The molecular weight excluding hydrogens is 1130 g/mol. The van der Waals surface area contributed by atoms with Gasteiger partial charge in [-0.15, -0.1) is 0 Å². The predicted molar refractivity (Wildman–Crippen MR) is 355 cm³/mol. The Kier molecular flexibility index (Phi) is 37.3. The number of ketones is 2. The van der Waals surface area contributed by atoms with Gasteiger partial charge in [0.1, 0.15) is 13.2 Å². The quantitative estimate of drug-likeness (QED) is 0.0103. The topological polar surface area (TPSA) is 237 Å². The molecule has 5 aliphatic rings. The average Bonchev–Trinajstić information content (AvgIpc) is 4.49. The molecule has 0 radical (unpaired) electrons. The third-order valence-electron chi connectivity index (χ3n) is 14.3. The molecule has 0 aliphatic carbocycles. The molecule has 10 atom stereocenters. The molecule has 5 aliphatic heterocycles. The summed E-state index contributed by atoms with van der Waals surface area (Å²) in [5.74, 6) is 0.0417. The maximum atomic E-state index is 12.0. The summed E-state index contributed by atoms with van der Waals surface area (Å²) >= 11 is 0. The van der Waals surface area contributed by atoms with Gasteiger partial charge in [0.15, 0.2) is 11.6 Å². The van der Waals surface area contributed by atoms with Crippen LogP contribution in [-0.2, 0) is 33.4 Å². The number of carbonyl (C=O) groups is 2. The molecule has 5 saturated heterocycles. The first-order chi connectivity index (χ1) is 43.7. The second-order valence-electron chi connectivity index (χ2n) is 21.5. The Morgan fingerprint density at radius 1 is 0.438 bits per heavy atom. The van der Waals surface area contributed by atoms with Gasteiger partial charge in [-0.1, -0.05) is 144 Å². The summed E-state index contributed by atoms with van der Waals surface area (Å²) in [6.45, 7) is 13.6. The van der Waals surface area contributed by atoms with E-state index in [4.69, 9.17) is 43.8 Å². The number of benzene rings is 4. The Hall–Kier alpha value is -7.36. The SMILES string of the molecule is C(=Nc1ccccc1)[C@@H]1CC[C@H](C=Nc2ccccc2)O1.CCCNC[C@H]1CC[C@@H](CNCCC)O1.CCO/N=C\[C@@H]1CC[C@H](/C=N\OCC)O1.O/N=C/[C@@H]1CC[C@H](/C=N/O)O1.O=C(/C=C/C[C@@H]1CC[C@H](C/C=C/C(=O)c2ccccc2)O1)c1ccccc1. The average molecular weight is 1230 g/mol. The normalized spacial score (nSPS) is 24.1. The highest BCUT2D eigenvalue weighted by Gasteiger charge is 2.27. The maximum Gasteiger partial charge on any atom is 0.185 e. The number of carbonyl (C=O) groups excluding carboxylic acids is 2. The van der Waals surface area contributed by atoms with Crippen molar-refractivity contribution >= 4 is 60.2 Å². The molecule has 0 bridgehead atoms. The minimum atomic E-state index is -0.150. The Balaban J connectivity index is 0.000000210. The Bertz CT molecular complexity index is 2550. The van der Waals surface area contributed by atoms with Crippen LogP contribution in [0.2, 0.25) is 0 Å². The molecule has 4 aromatic carbocycles. The minimum Gasteiger partial charge on any atom is -0.411 e. The van der Waals surface area contributed by atoms with Gasteiger partial charge in [-0.2, -0.15) is 0 Å². The lowest BCUT2D eigenvalue weighted by molar-refractivity contribution is 0.0460. The number of nitrogens with zero attached hydrogens (tertiary/aromatic N) is 6. The van der Waals surface area contributed by atoms with Gasteiger partial charge in [0.25, 0.3) is 0 Å². The van der Waals surface area contributed by atoms with Crippen molar-refractivity contribution in [2.75, 3.05) is 39.4 Å². The number of ether oxygens (including phenoxy) is 5. The molecule has 482 valence electrons. The first kappa shape index (κ1) is 72.4. The Labute approximate surface area is 527 Å². The summed E-state index contributed by atoms with van der Waals surface area (Å²) < 4.78 is 28.7. The fourth-order valence-corrected chi connectivity index (χ4v) is 9.75. The molecule has 0 saturated carbocycles. The van der Waals surface area contributed by atoms with Crippen molar-refractivity contribution in [3.8, 4) is 0 Å². The van der Waals surface area contributed by atoms with Gasteiger partial charge in [0, 0.05) is 36.6 Å². The van der Waals surface area contributed by atoms with Crippen LogP contribution < -0.4 is 10.6 Å². The predicted octanol–water partition coefficient (Wildman–Crippen LogP) is 13.1. The number of hydrogen-bond acceptors (Lipinski definition) is 19. The molecule has 0 spiro atoms. The lowest BCUT2D eigenvalue weighted by Gasteiger charge is -2.14. The molecule has 5 heterocycles. The molecule has 0 unspecified atom stereocenters. The van der Waals surface area contributed by atoms with Crippen molar-refractivity contribution in [1.82, 2.24) is 10.6 Å². The standard InChI is InChI=1S/C24H24O3.C18H18N2O.C12H26N2O.C10H18N2O3.C6H10N2O3/c25-23(19-9-3-1-4-10-19)15-7-13-21-17-18-22(27-21)14-8-16-24(26)20-11-5-2-6-12-20;1-3-7-15(8-4-1)19-13-17-11-12-18(21-17)14-20-16-9-5-2-6-10-16;1-3-7-13-9-11-5-6-12(15-11)10-14-8-4-2;1-3-13-11-7-9-5-6-10(15-9)8-12-14-4-2;9-7-3-5-1-2-6(11-5)4-8-10/h1-12,15-16,21-22H,13-14,17-18H2;1-10,13-14,17-18H,11-12H2;11-14H,3-10H2,1-2H3;7-10H,3-6H2,1-2H3;3-6,9-10H,1-2H2/b15-7+,16-8+;;;11-7-,12-8-;7-3+,8-4+/t21-,22+;17-,18+;11-,12+;9-,10+;5-,6+. The van der Waals surface area contributed by atoms with E-state index in [1.54, 1.807) is 24.6 Å². The molecule has 9 rings (SSSR count).